The molecule has 1 aromatic heterocycles. The number of hydrogen-bond acceptors (Lipinski definition) is 2. The van der Waals surface area contributed by atoms with Crippen LogP contribution in [0.15, 0.2) is 18.3 Å². The van der Waals surface area contributed by atoms with Crippen molar-refractivity contribution < 1.29 is 9.90 Å². The second kappa shape index (κ2) is 5.59. The first-order valence-electron chi connectivity index (χ1n) is 7.47. The van der Waals surface area contributed by atoms with Crippen molar-refractivity contribution in [2.75, 3.05) is 0 Å². The molecule has 4 nitrogen and oxygen atoms in total. The second-order valence-electron chi connectivity index (χ2n) is 7.00. The predicted molar refractivity (Wildman–Crippen MR) is 87.6 cm³/mol. The highest BCUT2D eigenvalue weighted by Gasteiger charge is 2.26. The summed E-state index contributed by atoms with van der Waals surface area (Å²) in [5.41, 5.74) is 5.49. The van der Waals surface area contributed by atoms with E-state index in [-0.39, 0.29) is 11.1 Å². The van der Waals surface area contributed by atoms with Gasteiger partial charge in [0.25, 0.3) is 0 Å². The van der Waals surface area contributed by atoms with E-state index < -0.39 is 5.97 Å². The number of aryl methyl sites for hydroxylation is 3. The molecular formula is C18H24N2O2. The summed E-state index contributed by atoms with van der Waals surface area (Å²) in [6, 6.07) is 4.24. The average Bonchev–Trinajstić information content (AvgIpc) is 2.77. The fourth-order valence-electron chi connectivity index (χ4n) is 2.89. The Morgan fingerprint density at radius 1 is 1.18 bits per heavy atom. The summed E-state index contributed by atoms with van der Waals surface area (Å²) < 4.78 is 1.60. The number of carboxylic acids is 1. The molecule has 1 heterocycles. The number of carbonyl (C=O) groups is 1. The van der Waals surface area contributed by atoms with E-state index in [1.165, 1.54) is 16.7 Å². The fraction of sp³-hybridized carbons (Fsp3) is 0.444. The van der Waals surface area contributed by atoms with Crippen molar-refractivity contribution in [3.63, 3.8) is 0 Å². The van der Waals surface area contributed by atoms with Crippen LogP contribution in [0.5, 0.6) is 0 Å². The number of rotatable bonds is 3. The number of benzene rings is 1. The maximum absolute atomic E-state index is 11.7. The van der Waals surface area contributed by atoms with Crippen molar-refractivity contribution in [3.8, 4) is 0 Å². The van der Waals surface area contributed by atoms with Gasteiger partial charge in [0.2, 0.25) is 0 Å². The molecule has 0 saturated heterocycles. The highest BCUT2D eigenvalue weighted by atomic mass is 16.4. The van der Waals surface area contributed by atoms with Gasteiger partial charge in [0, 0.05) is 5.56 Å². The molecule has 0 fully saturated rings. The van der Waals surface area contributed by atoms with Crippen LogP contribution in [0.1, 0.15) is 59.1 Å². The minimum Gasteiger partial charge on any atom is -0.477 e. The molecule has 118 valence electrons. The predicted octanol–water partition coefficient (Wildman–Crippen LogP) is 3.85. The molecule has 0 aliphatic heterocycles. The Bertz CT molecular complexity index is 698. The zero-order valence-corrected chi connectivity index (χ0v) is 14.2. The van der Waals surface area contributed by atoms with E-state index >= 15 is 0 Å². The summed E-state index contributed by atoms with van der Waals surface area (Å²) in [6.07, 6.45) is 1.68. The molecule has 2 aromatic rings. The quantitative estimate of drug-likeness (QED) is 0.936. The van der Waals surface area contributed by atoms with Crippen molar-refractivity contribution in [2.24, 2.45) is 0 Å². The van der Waals surface area contributed by atoms with Crippen LogP contribution in [0.2, 0.25) is 0 Å². The molecule has 0 amide bonds. The molecule has 1 N–H and O–H groups in total. The lowest BCUT2D eigenvalue weighted by Crippen LogP contribution is -2.19. The van der Waals surface area contributed by atoms with Crippen molar-refractivity contribution in [2.45, 2.75) is 53.5 Å². The van der Waals surface area contributed by atoms with E-state index in [0.717, 1.165) is 11.1 Å². The number of carboxylic acid groups (broad SMARTS) is 1. The number of hydrogen-bond donors (Lipinski definition) is 1. The van der Waals surface area contributed by atoms with E-state index in [1.54, 1.807) is 10.9 Å². The first-order chi connectivity index (χ1) is 10.1. The normalized spacial score (nSPS) is 11.7. The van der Waals surface area contributed by atoms with Gasteiger partial charge in [-0.1, -0.05) is 38.5 Å². The molecule has 0 aliphatic carbocycles. The molecule has 0 radical (unpaired) electrons. The first kappa shape index (κ1) is 16.3. The van der Waals surface area contributed by atoms with Crippen LogP contribution in [-0.4, -0.2) is 20.9 Å². The third-order valence-electron chi connectivity index (χ3n) is 4.00. The first-order valence-corrected chi connectivity index (χ1v) is 7.47. The Kier molecular flexibility index (Phi) is 4.14. The van der Waals surface area contributed by atoms with E-state index in [4.69, 9.17) is 0 Å². The molecular weight excluding hydrogens is 276 g/mol. The topological polar surface area (TPSA) is 55.1 Å². The molecule has 0 unspecified atom stereocenters. The molecule has 22 heavy (non-hydrogen) atoms. The van der Waals surface area contributed by atoms with Gasteiger partial charge in [-0.2, -0.15) is 5.10 Å². The van der Waals surface area contributed by atoms with Gasteiger partial charge in [-0.3, -0.25) is 4.68 Å². The SMILES string of the molecule is Cc1cc(C)c(Cn2ncc(C(C)(C)C)c2C(=O)O)c(C)c1. The van der Waals surface area contributed by atoms with Gasteiger partial charge in [0.05, 0.1) is 12.7 Å². The lowest BCUT2D eigenvalue weighted by atomic mass is 9.87. The molecule has 2 rings (SSSR count). The third-order valence-corrected chi connectivity index (χ3v) is 4.00. The Hall–Kier alpha value is -2.10. The van der Waals surface area contributed by atoms with Crippen molar-refractivity contribution in [1.29, 1.82) is 0 Å². The van der Waals surface area contributed by atoms with Gasteiger partial charge >= 0.3 is 5.97 Å². The summed E-state index contributed by atoms with van der Waals surface area (Å²) in [7, 11) is 0. The second-order valence-corrected chi connectivity index (χ2v) is 7.00. The van der Waals surface area contributed by atoms with Gasteiger partial charge in [0.1, 0.15) is 5.69 Å². The summed E-state index contributed by atoms with van der Waals surface area (Å²) in [6.45, 7) is 12.7. The Morgan fingerprint density at radius 3 is 2.18 bits per heavy atom. The van der Waals surface area contributed by atoms with Gasteiger partial charge in [0.15, 0.2) is 0 Å². The summed E-state index contributed by atoms with van der Waals surface area (Å²) in [4.78, 5) is 11.7. The van der Waals surface area contributed by atoms with E-state index in [1.807, 2.05) is 20.8 Å². The van der Waals surface area contributed by atoms with Crippen LogP contribution in [0.3, 0.4) is 0 Å². The lowest BCUT2D eigenvalue weighted by molar-refractivity contribution is 0.0681. The van der Waals surface area contributed by atoms with Crippen LogP contribution in [-0.2, 0) is 12.0 Å². The third kappa shape index (κ3) is 3.06. The van der Waals surface area contributed by atoms with E-state index in [2.05, 4.69) is 38.0 Å². The number of nitrogens with zero attached hydrogens (tertiary/aromatic N) is 2. The molecule has 0 saturated carbocycles. The Labute approximate surface area is 131 Å². The average molecular weight is 300 g/mol. The minimum absolute atomic E-state index is 0.247. The Balaban J connectivity index is 2.52. The molecule has 4 heteroatoms. The van der Waals surface area contributed by atoms with Crippen molar-refractivity contribution in [1.82, 2.24) is 9.78 Å². The highest BCUT2D eigenvalue weighted by Crippen LogP contribution is 2.27. The monoisotopic (exact) mass is 300 g/mol. The Morgan fingerprint density at radius 2 is 1.73 bits per heavy atom. The maximum Gasteiger partial charge on any atom is 0.354 e. The van der Waals surface area contributed by atoms with Gasteiger partial charge in [-0.25, -0.2) is 4.79 Å². The van der Waals surface area contributed by atoms with E-state index in [9.17, 15) is 9.90 Å². The highest BCUT2D eigenvalue weighted by molar-refractivity contribution is 5.87. The maximum atomic E-state index is 11.7. The minimum atomic E-state index is -0.926. The van der Waals surface area contributed by atoms with Crippen molar-refractivity contribution in [3.05, 3.63) is 51.8 Å². The molecule has 0 spiro atoms. The van der Waals surface area contributed by atoms with E-state index in [0.29, 0.717) is 6.54 Å². The molecule has 0 bridgehead atoms. The van der Waals surface area contributed by atoms with Gasteiger partial charge in [-0.05, 0) is 42.9 Å². The fourth-order valence-corrected chi connectivity index (χ4v) is 2.89. The molecule has 0 aliphatic rings. The summed E-state index contributed by atoms with van der Waals surface area (Å²) >= 11 is 0. The summed E-state index contributed by atoms with van der Waals surface area (Å²) in [5.74, 6) is -0.926. The number of aromatic nitrogens is 2. The van der Waals surface area contributed by atoms with Gasteiger partial charge < -0.3 is 5.11 Å². The molecule has 1 aromatic carbocycles. The molecule has 0 atom stereocenters. The summed E-state index contributed by atoms with van der Waals surface area (Å²) in [5, 5.41) is 13.9. The standard InChI is InChI=1S/C18H24N2O2/c1-11-7-12(2)14(13(3)8-11)10-20-16(17(21)22)15(9-19-20)18(4,5)6/h7-9H,10H2,1-6H3,(H,21,22). The van der Waals surface area contributed by atoms with Crippen LogP contribution in [0, 0.1) is 20.8 Å². The largest absolute Gasteiger partial charge is 0.477 e. The van der Waals surface area contributed by atoms with Crippen LogP contribution >= 0.6 is 0 Å². The zero-order chi connectivity index (χ0) is 16.7. The lowest BCUT2D eigenvalue weighted by Gasteiger charge is -2.18. The van der Waals surface area contributed by atoms with Crippen molar-refractivity contribution >= 4 is 5.97 Å². The van der Waals surface area contributed by atoms with Gasteiger partial charge in [-0.15, -0.1) is 0 Å². The van der Waals surface area contributed by atoms with Crippen LogP contribution in [0.4, 0.5) is 0 Å². The zero-order valence-electron chi connectivity index (χ0n) is 14.2. The van der Waals surface area contributed by atoms with Crippen LogP contribution < -0.4 is 0 Å². The number of aromatic carboxylic acids is 1. The van der Waals surface area contributed by atoms with Crippen LogP contribution in [0.25, 0.3) is 0 Å². The smallest absolute Gasteiger partial charge is 0.354 e.